The Morgan fingerprint density at radius 2 is 1.48 bits per heavy atom. The summed E-state index contributed by atoms with van der Waals surface area (Å²) in [7, 11) is 0. The number of aromatic nitrogens is 2. The van der Waals surface area contributed by atoms with Gasteiger partial charge in [0.1, 0.15) is 5.75 Å². The molecule has 1 aromatic carbocycles. The van der Waals surface area contributed by atoms with Crippen LogP contribution in [-0.4, -0.2) is 16.6 Å². The molecule has 0 saturated heterocycles. The molecule has 1 atom stereocenters. The van der Waals surface area contributed by atoms with Crippen LogP contribution in [0.1, 0.15) is 116 Å². The van der Waals surface area contributed by atoms with E-state index < -0.39 is 0 Å². The fourth-order valence-electron chi connectivity index (χ4n) is 4.22. The lowest BCUT2D eigenvalue weighted by Crippen LogP contribution is -2.02. The second-order valence-corrected chi connectivity index (χ2v) is 9.66. The van der Waals surface area contributed by atoms with Crippen LogP contribution >= 0.6 is 0 Å². The van der Waals surface area contributed by atoms with Crippen LogP contribution in [0.3, 0.4) is 0 Å². The maximum Gasteiger partial charge on any atom is 0.163 e. The first kappa shape index (κ1) is 27.3. The van der Waals surface area contributed by atoms with Crippen molar-refractivity contribution in [2.45, 2.75) is 117 Å². The van der Waals surface area contributed by atoms with Gasteiger partial charge in [-0.15, -0.1) is 0 Å². The molecule has 184 valence electrons. The Morgan fingerprint density at radius 3 is 2.21 bits per heavy atom. The molecule has 1 heterocycles. The average Bonchev–Trinajstić information content (AvgIpc) is 2.85. The van der Waals surface area contributed by atoms with Gasteiger partial charge in [0.2, 0.25) is 0 Å². The summed E-state index contributed by atoms with van der Waals surface area (Å²) in [4.78, 5) is 9.42. The van der Waals surface area contributed by atoms with E-state index in [-0.39, 0.29) is 0 Å². The second-order valence-electron chi connectivity index (χ2n) is 9.66. The first-order valence-electron chi connectivity index (χ1n) is 13.8. The molecule has 0 amide bonds. The summed E-state index contributed by atoms with van der Waals surface area (Å²) in [6, 6.07) is 10.3. The Labute approximate surface area is 203 Å². The monoisotopic (exact) mass is 452 g/mol. The molecule has 2 rings (SSSR count). The van der Waals surface area contributed by atoms with E-state index in [0.29, 0.717) is 0 Å². The average molecular weight is 453 g/mol. The van der Waals surface area contributed by atoms with Crippen molar-refractivity contribution in [3.05, 3.63) is 42.2 Å². The predicted molar refractivity (Wildman–Crippen MR) is 142 cm³/mol. The maximum atomic E-state index is 6.13. The Bertz CT molecular complexity index is 746. The van der Waals surface area contributed by atoms with Crippen molar-refractivity contribution >= 4 is 0 Å². The number of hydrogen-bond donors (Lipinski definition) is 0. The molecule has 3 heteroatoms. The predicted octanol–water partition coefficient (Wildman–Crippen LogP) is 9.20. The van der Waals surface area contributed by atoms with Gasteiger partial charge < -0.3 is 4.74 Å². The van der Waals surface area contributed by atoms with Gasteiger partial charge in [0.15, 0.2) is 5.82 Å². The molecule has 0 aliphatic heterocycles. The Morgan fingerprint density at radius 1 is 0.788 bits per heavy atom. The van der Waals surface area contributed by atoms with Crippen molar-refractivity contribution in [2.24, 2.45) is 5.92 Å². The minimum absolute atomic E-state index is 0.756. The van der Waals surface area contributed by atoms with E-state index >= 15 is 0 Å². The van der Waals surface area contributed by atoms with Gasteiger partial charge in [0, 0.05) is 11.9 Å². The number of ether oxygens (including phenoxy) is 1. The second kappa shape index (κ2) is 17.6. The summed E-state index contributed by atoms with van der Waals surface area (Å²) in [6.45, 7) is 7.63. The number of para-hydroxylation sites is 1. The van der Waals surface area contributed by atoms with Crippen LogP contribution in [0.4, 0.5) is 0 Å². The van der Waals surface area contributed by atoms with Crippen LogP contribution in [0.25, 0.3) is 11.4 Å². The molecule has 1 unspecified atom stereocenters. The maximum absolute atomic E-state index is 6.13. The zero-order chi connectivity index (χ0) is 23.6. The van der Waals surface area contributed by atoms with Crippen LogP contribution in [0.5, 0.6) is 5.75 Å². The molecule has 0 aliphatic rings. The standard InChI is InChI=1S/C30H48N2O/c1-4-6-7-8-9-10-11-12-13-14-20-27-23-24-31-30(32-27)28-21-15-16-22-29(28)33-25-18-17-19-26(3)5-2/h15-16,21-24,26H,4-14,17-20,25H2,1-3H3. The van der Waals surface area contributed by atoms with Crippen LogP contribution in [0.2, 0.25) is 0 Å². The lowest BCUT2D eigenvalue weighted by molar-refractivity contribution is 0.300. The van der Waals surface area contributed by atoms with E-state index in [9.17, 15) is 0 Å². The normalized spacial score (nSPS) is 12.1. The van der Waals surface area contributed by atoms with Gasteiger partial charge in [0.05, 0.1) is 12.2 Å². The van der Waals surface area contributed by atoms with Gasteiger partial charge >= 0.3 is 0 Å². The first-order chi connectivity index (χ1) is 16.2. The summed E-state index contributed by atoms with van der Waals surface area (Å²) in [5.41, 5.74) is 2.15. The molecule has 0 aliphatic carbocycles. The van der Waals surface area contributed by atoms with Crippen molar-refractivity contribution in [1.82, 2.24) is 9.97 Å². The van der Waals surface area contributed by atoms with E-state index in [1.165, 1.54) is 83.5 Å². The lowest BCUT2D eigenvalue weighted by Gasteiger charge is -2.12. The van der Waals surface area contributed by atoms with Gasteiger partial charge in [-0.1, -0.05) is 104 Å². The van der Waals surface area contributed by atoms with Crippen molar-refractivity contribution in [1.29, 1.82) is 0 Å². The minimum Gasteiger partial charge on any atom is -0.493 e. The largest absolute Gasteiger partial charge is 0.493 e. The topological polar surface area (TPSA) is 35.0 Å². The molecule has 0 N–H and O–H groups in total. The molecule has 0 fully saturated rings. The third kappa shape index (κ3) is 11.7. The zero-order valence-corrected chi connectivity index (χ0v) is 21.7. The van der Waals surface area contributed by atoms with Crippen LogP contribution in [0, 0.1) is 5.92 Å². The Hall–Kier alpha value is -1.90. The van der Waals surface area contributed by atoms with Gasteiger partial charge in [-0.2, -0.15) is 0 Å². The Kier molecular flexibility index (Phi) is 14.6. The van der Waals surface area contributed by atoms with Gasteiger partial charge in [-0.05, 0) is 49.8 Å². The highest BCUT2D eigenvalue weighted by Gasteiger charge is 2.10. The highest BCUT2D eigenvalue weighted by Crippen LogP contribution is 2.27. The fraction of sp³-hybridized carbons (Fsp3) is 0.667. The molecule has 0 spiro atoms. The van der Waals surface area contributed by atoms with Crippen molar-refractivity contribution in [3.8, 4) is 17.1 Å². The number of unbranched alkanes of at least 4 members (excludes halogenated alkanes) is 10. The van der Waals surface area contributed by atoms with Gasteiger partial charge in [0.25, 0.3) is 0 Å². The quantitative estimate of drug-likeness (QED) is 0.199. The smallest absolute Gasteiger partial charge is 0.163 e. The number of aryl methyl sites for hydroxylation is 1. The molecule has 33 heavy (non-hydrogen) atoms. The van der Waals surface area contributed by atoms with E-state index in [2.05, 4.69) is 37.9 Å². The Balaban J connectivity index is 1.74. The lowest BCUT2D eigenvalue weighted by atomic mass is 10.0. The number of nitrogens with zero attached hydrogens (tertiary/aromatic N) is 2. The SMILES string of the molecule is CCCCCCCCCCCCc1ccnc(-c2ccccc2OCCCCC(C)CC)n1. The highest BCUT2D eigenvalue weighted by molar-refractivity contribution is 5.63. The summed E-state index contributed by atoms with van der Waals surface area (Å²) < 4.78 is 6.13. The molecular weight excluding hydrogens is 404 g/mol. The molecule has 3 nitrogen and oxygen atoms in total. The van der Waals surface area contributed by atoms with E-state index in [4.69, 9.17) is 9.72 Å². The number of benzene rings is 1. The molecule has 0 bridgehead atoms. The summed E-state index contributed by atoms with van der Waals surface area (Å²) in [6.07, 6.45) is 21.4. The van der Waals surface area contributed by atoms with Crippen molar-refractivity contribution < 1.29 is 4.74 Å². The summed E-state index contributed by atoms with van der Waals surface area (Å²) in [5, 5.41) is 0. The van der Waals surface area contributed by atoms with Crippen LogP contribution in [-0.2, 0) is 6.42 Å². The summed E-state index contributed by atoms with van der Waals surface area (Å²) in [5.74, 6) is 2.50. The molecule has 1 aromatic heterocycles. The minimum atomic E-state index is 0.756. The van der Waals surface area contributed by atoms with Gasteiger partial charge in [-0.3, -0.25) is 0 Å². The zero-order valence-electron chi connectivity index (χ0n) is 21.7. The van der Waals surface area contributed by atoms with Crippen molar-refractivity contribution in [2.75, 3.05) is 6.61 Å². The van der Waals surface area contributed by atoms with Crippen molar-refractivity contribution in [3.63, 3.8) is 0 Å². The molecule has 0 radical (unpaired) electrons. The highest BCUT2D eigenvalue weighted by atomic mass is 16.5. The molecule has 0 saturated carbocycles. The van der Waals surface area contributed by atoms with E-state index in [0.717, 1.165) is 48.2 Å². The van der Waals surface area contributed by atoms with Gasteiger partial charge in [-0.25, -0.2) is 9.97 Å². The molecule has 2 aromatic rings. The number of rotatable bonds is 19. The number of hydrogen-bond acceptors (Lipinski definition) is 3. The van der Waals surface area contributed by atoms with Crippen LogP contribution in [0.15, 0.2) is 36.5 Å². The molecular formula is C30H48N2O. The van der Waals surface area contributed by atoms with E-state index in [1.807, 2.05) is 24.4 Å². The third-order valence-corrected chi connectivity index (χ3v) is 6.67. The van der Waals surface area contributed by atoms with E-state index in [1.54, 1.807) is 0 Å². The first-order valence-corrected chi connectivity index (χ1v) is 13.8. The fourth-order valence-corrected chi connectivity index (χ4v) is 4.22. The summed E-state index contributed by atoms with van der Waals surface area (Å²) >= 11 is 0. The van der Waals surface area contributed by atoms with Crippen LogP contribution < -0.4 is 4.74 Å². The third-order valence-electron chi connectivity index (χ3n) is 6.67.